The van der Waals surface area contributed by atoms with Crippen LogP contribution in [0.5, 0.6) is 0 Å². The summed E-state index contributed by atoms with van der Waals surface area (Å²) in [5, 5.41) is 0. The van der Waals surface area contributed by atoms with Crippen molar-refractivity contribution in [2.45, 2.75) is 52.7 Å². The first kappa shape index (κ1) is 25.4. The molecule has 1 aromatic heterocycles. The zero-order valence-electron chi connectivity index (χ0n) is 22.2. The van der Waals surface area contributed by atoms with Gasteiger partial charge in [-0.25, -0.2) is 14.8 Å². The maximum atomic E-state index is 12.8. The number of rotatable bonds is 4. The molecule has 6 nitrogen and oxygen atoms in total. The summed E-state index contributed by atoms with van der Waals surface area (Å²) >= 11 is 0. The van der Waals surface area contributed by atoms with E-state index in [-0.39, 0.29) is 11.6 Å². The van der Waals surface area contributed by atoms with Crippen LogP contribution in [0.25, 0.3) is 0 Å². The van der Waals surface area contributed by atoms with Crippen LogP contribution in [0, 0.1) is 6.92 Å². The van der Waals surface area contributed by atoms with Crippen LogP contribution in [0.3, 0.4) is 0 Å². The van der Waals surface area contributed by atoms with Crippen molar-refractivity contribution in [1.29, 1.82) is 0 Å². The van der Waals surface area contributed by atoms with E-state index in [9.17, 15) is 4.79 Å². The Bertz CT molecular complexity index is 1190. The van der Waals surface area contributed by atoms with Gasteiger partial charge in [-0.3, -0.25) is 4.90 Å². The minimum Gasteiger partial charge on any atom is -0.444 e. The molecule has 0 saturated carbocycles. The Balaban J connectivity index is 1.58. The van der Waals surface area contributed by atoms with Gasteiger partial charge >= 0.3 is 6.09 Å². The average Bonchev–Trinajstić information content (AvgIpc) is 2.82. The van der Waals surface area contributed by atoms with E-state index in [0.29, 0.717) is 25.5 Å². The summed E-state index contributed by atoms with van der Waals surface area (Å²) in [6.07, 6.45) is 1.62. The molecule has 188 valence electrons. The van der Waals surface area contributed by atoms with Gasteiger partial charge in [-0.1, -0.05) is 60.7 Å². The first-order valence-electron chi connectivity index (χ1n) is 12.5. The fraction of sp³-hybridized carbons (Fsp3) is 0.367. The third-order valence-corrected chi connectivity index (χ3v) is 6.23. The Morgan fingerprint density at radius 1 is 0.972 bits per heavy atom. The van der Waals surface area contributed by atoms with Crippen molar-refractivity contribution in [3.63, 3.8) is 0 Å². The smallest absolute Gasteiger partial charge is 0.410 e. The summed E-state index contributed by atoms with van der Waals surface area (Å²) < 4.78 is 5.64. The van der Waals surface area contributed by atoms with Crippen molar-refractivity contribution >= 4 is 23.3 Å². The molecule has 0 radical (unpaired) electrons. The van der Waals surface area contributed by atoms with Crippen molar-refractivity contribution in [3.8, 4) is 0 Å². The number of carbonyl (C=O) groups is 1. The molecule has 2 heterocycles. The van der Waals surface area contributed by atoms with Gasteiger partial charge < -0.3 is 9.64 Å². The minimum atomic E-state index is -0.514. The van der Waals surface area contributed by atoms with Gasteiger partial charge in [0.25, 0.3) is 0 Å². The molecule has 1 aliphatic rings. The quantitative estimate of drug-likeness (QED) is 0.402. The molecule has 0 bridgehead atoms. The Kier molecular flexibility index (Phi) is 7.16. The summed E-state index contributed by atoms with van der Waals surface area (Å²) in [5.41, 5.74) is 4.14. The SMILES string of the molecule is Cc1cc(N2CCN(C(=O)OC(C)(C)C)C(C)(C)C2)cnc1N=C(c1ccccc1)c1ccccc1. The van der Waals surface area contributed by atoms with E-state index in [4.69, 9.17) is 14.7 Å². The number of piperazine rings is 1. The molecule has 0 N–H and O–H groups in total. The number of pyridine rings is 1. The van der Waals surface area contributed by atoms with Crippen LogP contribution >= 0.6 is 0 Å². The summed E-state index contributed by atoms with van der Waals surface area (Å²) in [7, 11) is 0. The number of amides is 1. The van der Waals surface area contributed by atoms with E-state index in [1.54, 1.807) is 0 Å². The highest BCUT2D eigenvalue weighted by Gasteiger charge is 2.39. The maximum absolute atomic E-state index is 12.8. The third kappa shape index (κ3) is 5.93. The van der Waals surface area contributed by atoms with Crippen molar-refractivity contribution < 1.29 is 9.53 Å². The minimum absolute atomic E-state index is 0.263. The van der Waals surface area contributed by atoms with Crippen molar-refractivity contribution in [2.75, 3.05) is 24.5 Å². The van der Waals surface area contributed by atoms with E-state index in [2.05, 4.69) is 49.1 Å². The Labute approximate surface area is 214 Å². The van der Waals surface area contributed by atoms with Crippen molar-refractivity contribution in [3.05, 3.63) is 89.6 Å². The highest BCUT2D eigenvalue weighted by atomic mass is 16.6. The second kappa shape index (κ2) is 10.1. The molecule has 4 rings (SSSR count). The van der Waals surface area contributed by atoms with Crippen molar-refractivity contribution in [1.82, 2.24) is 9.88 Å². The molecule has 0 spiro atoms. The zero-order valence-corrected chi connectivity index (χ0v) is 22.2. The molecule has 3 aromatic rings. The predicted octanol–water partition coefficient (Wildman–Crippen LogP) is 6.39. The number of benzene rings is 2. The van der Waals surface area contributed by atoms with Gasteiger partial charge in [0.15, 0.2) is 5.82 Å². The van der Waals surface area contributed by atoms with E-state index in [1.165, 1.54) is 0 Å². The van der Waals surface area contributed by atoms with Gasteiger partial charge in [-0.2, -0.15) is 0 Å². The molecule has 1 saturated heterocycles. The van der Waals surface area contributed by atoms with E-state index >= 15 is 0 Å². The van der Waals surface area contributed by atoms with E-state index in [1.807, 2.05) is 75.2 Å². The number of carbonyl (C=O) groups excluding carboxylic acids is 1. The fourth-order valence-corrected chi connectivity index (χ4v) is 4.47. The highest BCUT2D eigenvalue weighted by Crippen LogP contribution is 2.29. The van der Waals surface area contributed by atoms with Gasteiger partial charge in [0.05, 0.1) is 23.1 Å². The number of hydrogen-bond acceptors (Lipinski definition) is 5. The molecule has 1 amide bonds. The zero-order chi connectivity index (χ0) is 25.9. The van der Waals surface area contributed by atoms with E-state index < -0.39 is 5.60 Å². The van der Waals surface area contributed by atoms with Crippen LogP contribution in [0.1, 0.15) is 51.3 Å². The first-order chi connectivity index (χ1) is 17.0. The average molecular weight is 485 g/mol. The van der Waals surface area contributed by atoms with Crippen LogP contribution in [-0.2, 0) is 4.74 Å². The van der Waals surface area contributed by atoms with Gasteiger partial charge in [0, 0.05) is 30.8 Å². The van der Waals surface area contributed by atoms with Gasteiger partial charge in [-0.15, -0.1) is 0 Å². The van der Waals surface area contributed by atoms with Crippen LogP contribution < -0.4 is 4.90 Å². The number of aliphatic imine (C=N–C) groups is 1. The maximum Gasteiger partial charge on any atom is 0.410 e. The monoisotopic (exact) mass is 484 g/mol. The topological polar surface area (TPSA) is 58.0 Å². The third-order valence-electron chi connectivity index (χ3n) is 6.23. The molecule has 0 unspecified atom stereocenters. The van der Waals surface area contributed by atoms with Gasteiger partial charge in [0.2, 0.25) is 0 Å². The number of hydrogen-bond donors (Lipinski definition) is 0. The number of ether oxygens (including phenoxy) is 1. The van der Waals surface area contributed by atoms with Crippen LogP contribution in [0.4, 0.5) is 16.3 Å². The highest BCUT2D eigenvalue weighted by molar-refractivity contribution is 6.13. The summed E-state index contributed by atoms with van der Waals surface area (Å²) in [6.45, 7) is 13.9. The second-order valence-electron chi connectivity index (χ2n) is 10.9. The van der Waals surface area contributed by atoms with Crippen LogP contribution in [0.2, 0.25) is 0 Å². The van der Waals surface area contributed by atoms with E-state index in [0.717, 1.165) is 28.1 Å². The largest absolute Gasteiger partial charge is 0.444 e. The molecule has 1 fully saturated rings. The van der Waals surface area contributed by atoms with Crippen molar-refractivity contribution in [2.24, 2.45) is 4.99 Å². The molecule has 1 aliphatic heterocycles. The van der Waals surface area contributed by atoms with Gasteiger partial charge in [-0.05, 0) is 53.2 Å². The lowest BCUT2D eigenvalue weighted by molar-refractivity contribution is 0.000372. The first-order valence-corrected chi connectivity index (χ1v) is 12.5. The molecule has 0 aliphatic carbocycles. The van der Waals surface area contributed by atoms with Gasteiger partial charge in [0.1, 0.15) is 5.60 Å². The Morgan fingerprint density at radius 2 is 1.56 bits per heavy atom. The number of aromatic nitrogens is 1. The summed E-state index contributed by atoms with van der Waals surface area (Å²) in [4.78, 5) is 26.6. The normalized spacial score (nSPS) is 15.4. The molecule has 6 heteroatoms. The number of nitrogens with zero attached hydrogens (tertiary/aromatic N) is 4. The summed E-state index contributed by atoms with van der Waals surface area (Å²) in [6, 6.07) is 22.5. The summed E-state index contributed by atoms with van der Waals surface area (Å²) in [5.74, 6) is 0.702. The molecular weight excluding hydrogens is 448 g/mol. The Morgan fingerprint density at radius 3 is 2.06 bits per heavy atom. The lowest BCUT2D eigenvalue weighted by Crippen LogP contribution is -2.61. The lowest BCUT2D eigenvalue weighted by atomic mass is 9.99. The van der Waals surface area contributed by atoms with Crippen LogP contribution in [0.15, 0.2) is 77.9 Å². The molecule has 36 heavy (non-hydrogen) atoms. The standard InChI is InChI=1S/C30H36N4O2/c1-22-19-25(33-17-18-34(30(5,6)21-33)28(35)36-29(2,3)4)20-31-27(22)32-26(23-13-9-7-10-14-23)24-15-11-8-12-16-24/h7-16,19-20H,17-18,21H2,1-6H3. The second-order valence-corrected chi connectivity index (χ2v) is 10.9. The number of aryl methyl sites for hydroxylation is 1. The molecular formula is C30H36N4O2. The molecule has 0 atom stereocenters. The van der Waals surface area contributed by atoms with Crippen LogP contribution in [-0.4, -0.2) is 52.5 Å². The fourth-order valence-electron chi connectivity index (χ4n) is 4.47. The number of anilines is 1. The lowest BCUT2D eigenvalue weighted by Gasteiger charge is -2.47. The Hall–Kier alpha value is -3.67. The predicted molar refractivity (Wildman–Crippen MR) is 146 cm³/mol. The molecule has 2 aromatic carbocycles.